The third-order valence-electron chi connectivity index (χ3n) is 3.20. The van der Waals surface area contributed by atoms with Crippen LogP contribution in [-0.2, 0) is 4.74 Å². The molecular weight excluding hydrogens is 138 g/mol. The molecule has 2 N–H and O–H groups in total. The van der Waals surface area contributed by atoms with Gasteiger partial charge < -0.3 is 10.5 Å². The zero-order valence-electron chi connectivity index (χ0n) is 7.18. The zero-order chi connectivity index (χ0) is 7.90. The highest BCUT2D eigenvalue weighted by atomic mass is 16.5. The lowest BCUT2D eigenvalue weighted by atomic mass is 9.99. The van der Waals surface area contributed by atoms with E-state index in [4.69, 9.17) is 10.5 Å². The van der Waals surface area contributed by atoms with Gasteiger partial charge in [-0.25, -0.2) is 0 Å². The lowest BCUT2D eigenvalue weighted by Gasteiger charge is -2.28. The standard InChI is InChI=1S/C9H17NO/c1-7-6-9(7,10)8-4-2-3-5-11-8/h7-8H,2-6,10H2,1H3. The fourth-order valence-corrected chi connectivity index (χ4v) is 2.08. The second kappa shape index (κ2) is 2.46. The monoisotopic (exact) mass is 155 g/mol. The maximum absolute atomic E-state index is 6.14. The van der Waals surface area contributed by atoms with Gasteiger partial charge in [0.05, 0.1) is 6.10 Å². The van der Waals surface area contributed by atoms with Crippen LogP contribution in [0.3, 0.4) is 0 Å². The van der Waals surface area contributed by atoms with Gasteiger partial charge in [-0.15, -0.1) is 0 Å². The van der Waals surface area contributed by atoms with Crippen LogP contribution in [0.4, 0.5) is 0 Å². The zero-order valence-corrected chi connectivity index (χ0v) is 7.18. The average Bonchev–Trinajstić information content (AvgIpc) is 2.64. The van der Waals surface area contributed by atoms with E-state index in [1.54, 1.807) is 0 Å². The van der Waals surface area contributed by atoms with Gasteiger partial charge in [-0.1, -0.05) is 6.92 Å². The normalized spacial score (nSPS) is 50.7. The number of ether oxygens (including phenoxy) is 1. The molecule has 0 aromatic carbocycles. The minimum absolute atomic E-state index is 0.0560. The van der Waals surface area contributed by atoms with Crippen LogP contribution in [0, 0.1) is 5.92 Å². The van der Waals surface area contributed by atoms with Crippen molar-refractivity contribution in [3.8, 4) is 0 Å². The summed E-state index contributed by atoms with van der Waals surface area (Å²) >= 11 is 0. The predicted molar refractivity (Wildman–Crippen MR) is 44.3 cm³/mol. The van der Waals surface area contributed by atoms with Crippen molar-refractivity contribution in [1.29, 1.82) is 0 Å². The molecule has 2 heteroatoms. The first-order chi connectivity index (χ1) is 5.23. The summed E-state index contributed by atoms with van der Waals surface area (Å²) in [6.07, 6.45) is 5.24. The summed E-state index contributed by atoms with van der Waals surface area (Å²) in [5, 5.41) is 0. The number of nitrogens with two attached hydrogens (primary N) is 1. The molecule has 1 saturated heterocycles. The van der Waals surface area contributed by atoms with E-state index >= 15 is 0 Å². The maximum Gasteiger partial charge on any atom is 0.0757 e. The van der Waals surface area contributed by atoms with Gasteiger partial charge in [-0.3, -0.25) is 0 Å². The molecule has 2 nitrogen and oxygen atoms in total. The van der Waals surface area contributed by atoms with E-state index in [2.05, 4.69) is 6.92 Å². The molecule has 2 aliphatic rings. The molecule has 2 rings (SSSR count). The molecule has 0 aromatic heterocycles. The summed E-state index contributed by atoms with van der Waals surface area (Å²) in [6.45, 7) is 3.15. The van der Waals surface area contributed by atoms with Crippen molar-refractivity contribution < 1.29 is 4.74 Å². The lowest BCUT2D eigenvalue weighted by molar-refractivity contribution is -0.00907. The van der Waals surface area contributed by atoms with Crippen molar-refractivity contribution in [1.82, 2.24) is 0 Å². The quantitative estimate of drug-likeness (QED) is 0.619. The Morgan fingerprint density at radius 3 is 2.64 bits per heavy atom. The van der Waals surface area contributed by atoms with Crippen molar-refractivity contribution in [2.75, 3.05) is 6.61 Å². The molecule has 0 bridgehead atoms. The Bertz CT molecular complexity index is 154. The summed E-state index contributed by atoms with van der Waals surface area (Å²) in [7, 11) is 0. The summed E-state index contributed by atoms with van der Waals surface area (Å²) in [4.78, 5) is 0. The van der Waals surface area contributed by atoms with Crippen LogP contribution in [0.25, 0.3) is 0 Å². The van der Waals surface area contributed by atoms with Crippen molar-refractivity contribution in [2.45, 2.75) is 44.2 Å². The Hall–Kier alpha value is -0.0800. The van der Waals surface area contributed by atoms with Crippen molar-refractivity contribution in [3.05, 3.63) is 0 Å². The summed E-state index contributed by atoms with van der Waals surface area (Å²) < 4.78 is 5.65. The maximum atomic E-state index is 6.14. The average molecular weight is 155 g/mol. The first-order valence-corrected chi connectivity index (χ1v) is 4.64. The van der Waals surface area contributed by atoms with E-state index in [0.717, 1.165) is 13.0 Å². The molecule has 1 aliphatic heterocycles. The minimum atomic E-state index is 0.0560. The highest BCUT2D eigenvalue weighted by molar-refractivity contribution is 5.11. The predicted octanol–water partition coefficient (Wildman–Crippen LogP) is 1.29. The SMILES string of the molecule is CC1CC1(N)C1CCCCO1. The van der Waals surface area contributed by atoms with Gasteiger partial charge in [0, 0.05) is 12.1 Å². The molecule has 0 spiro atoms. The van der Waals surface area contributed by atoms with Gasteiger partial charge in [0.1, 0.15) is 0 Å². The van der Waals surface area contributed by atoms with Crippen LogP contribution >= 0.6 is 0 Å². The third-order valence-corrected chi connectivity index (χ3v) is 3.20. The summed E-state index contributed by atoms with van der Waals surface area (Å²) in [6, 6.07) is 0. The topological polar surface area (TPSA) is 35.2 Å². The van der Waals surface area contributed by atoms with E-state index < -0.39 is 0 Å². The van der Waals surface area contributed by atoms with Crippen LogP contribution in [-0.4, -0.2) is 18.2 Å². The molecule has 0 amide bonds. The second-order valence-corrected chi connectivity index (χ2v) is 4.07. The molecular formula is C9H17NO. The van der Waals surface area contributed by atoms with E-state index in [-0.39, 0.29) is 5.54 Å². The van der Waals surface area contributed by atoms with E-state index in [0.29, 0.717) is 12.0 Å². The molecule has 3 atom stereocenters. The Morgan fingerprint density at radius 1 is 1.45 bits per heavy atom. The van der Waals surface area contributed by atoms with Crippen LogP contribution < -0.4 is 5.73 Å². The number of hydrogen-bond donors (Lipinski definition) is 1. The third kappa shape index (κ3) is 1.18. The Kier molecular flexibility index (Phi) is 1.69. The van der Waals surface area contributed by atoms with E-state index in [1.807, 2.05) is 0 Å². The number of rotatable bonds is 1. The first-order valence-electron chi connectivity index (χ1n) is 4.64. The second-order valence-electron chi connectivity index (χ2n) is 4.07. The Labute approximate surface area is 68.1 Å². The molecule has 1 heterocycles. The Balaban J connectivity index is 1.94. The molecule has 2 fully saturated rings. The van der Waals surface area contributed by atoms with Crippen LogP contribution in [0.2, 0.25) is 0 Å². The lowest BCUT2D eigenvalue weighted by Crippen LogP contribution is -2.42. The molecule has 1 saturated carbocycles. The Morgan fingerprint density at radius 2 is 2.18 bits per heavy atom. The molecule has 64 valence electrons. The molecule has 3 unspecified atom stereocenters. The summed E-state index contributed by atoms with van der Waals surface area (Å²) in [5.41, 5.74) is 6.20. The molecule has 0 radical (unpaired) electrons. The minimum Gasteiger partial charge on any atom is -0.376 e. The van der Waals surface area contributed by atoms with Crippen LogP contribution in [0.5, 0.6) is 0 Å². The van der Waals surface area contributed by atoms with Gasteiger partial charge >= 0.3 is 0 Å². The van der Waals surface area contributed by atoms with Gasteiger partial charge in [-0.05, 0) is 31.6 Å². The van der Waals surface area contributed by atoms with Crippen LogP contribution in [0.15, 0.2) is 0 Å². The van der Waals surface area contributed by atoms with Crippen molar-refractivity contribution in [2.24, 2.45) is 11.7 Å². The van der Waals surface area contributed by atoms with E-state index in [1.165, 1.54) is 19.3 Å². The van der Waals surface area contributed by atoms with Crippen molar-refractivity contribution >= 4 is 0 Å². The summed E-state index contributed by atoms with van der Waals surface area (Å²) in [5.74, 6) is 0.686. The van der Waals surface area contributed by atoms with Crippen molar-refractivity contribution in [3.63, 3.8) is 0 Å². The smallest absolute Gasteiger partial charge is 0.0757 e. The van der Waals surface area contributed by atoms with E-state index in [9.17, 15) is 0 Å². The van der Waals surface area contributed by atoms with Crippen LogP contribution in [0.1, 0.15) is 32.6 Å². The fourth-order valence-electron chi connectivity index (χ4n) is 2.08. The van der Waals surface area contributed by atoms with Gasteiger partial charge in [-0.2, -0.15) is 0 Å². The highest BCUT2D eigenvalue weighted by Gasteiger charge is 2.54. The number of hydrogen-bond acceptors (Lipinski definition) is 2. The molecule has 11 heavy (non-hydrogen) atoms. The highest BCUT2D eigenvalue weighted by Crippen LogP contribution is 2.46. The largest absolute Gasteiger partial charge is 0.376 e. The van der Waals surface area contributed by atoms with Gasteiger partial charge in [0.15, 0.2) is 0 Å². The van der Waals surface area contributed by atoms with Gasteiger partial charge in [0.2, 0.25) is 0 Å². The molecule has 0 aromatic rings. The fraction of sp³-hybridized carbons (Fsp3) is 1.00. The van der Waals surface area contributed by atoms with Gasteiger partial charge in [0.25, 0.3) is 0 Å². The first kappa shape index (κ1) is 7.56. The molecule has 1 aliphatic carbocycles.